The molecule has 0 aliphatic rings. The first-order chi connectivity index (χ1) is 7.54. The van der Waals surface area contributed by atoms with Gasteiger partial charge in [0.25, 0.3) is 0 Å². The van der Waals surface area contributed by atoms with Crippen LogP contribution < -0.4 is 10.5 Å². The molecule has 0 radical (unpaired) electrons. The Labute approximate surface area is 107 Å². The summed E-state index contributed by atoms with van der Waals surface area (Å²) in [5, 5.41) is 1.20. The zero-order valence-corrected chi connectivity index (χ0v) is 11.1. The minimum absolute atomic E-state index is 0.0929. The summed E-state index contributed by atoms with van der Waals surface area (Å²) < 4.78 is 5.70. The van der Waals surface area contributed by atoms with Crippen molar-refractivity contribution < 1.29 is 4.74 Å². The second-order valence-corrected chi connectivity index (χ2v) is 4.78. The third kappa shape index (κ3) is 3.85. The lowest BCUT2D eigenvalue weighted by atomic mass is 10.1. The fraction of sp³-hybridized carbons (Fsp3) is 0.500. The number of ether oxygens (including phenoxy) is 1. The molecule has 90 valence electrons. The van der Waals surface area contributed by atoms with E-state index >= 15 is 0 Å². The topological polar surface area (TPSA) is 35.2 Å². The van der Waals surface area contributed by atoms with E-state index in [1.54, 1.807) is 6.07 Å². The molecule has 16 heavy (non-hydrogen) atoms. The van der Waals surface area contributed by atoms with Crippen molar-refractivity contribution in [2.24, 2.45) is 5.73 Å². The van der Waals surface area contributed by atoms with Crippen LogP contribution in [0.3, 0.4) is 0 Å². The Morgan fingerprint density at radius 1 is 1.31 bits per heavy atom. The van der Waals surface area contributed by atoms with Gasteiger partial charge in [0.1, 0.15) is 5.75 Å². The van der Waals surface area contributed by atoms with Gasteiger partial charge in [-0.05, 0) is 50.9 Å². The lowest BCUT2D eigenvalue weighted by Crippen LogP contribution is -2.09. The average molecular weight is 262 g/mol. The second kappa shape index (κ2) is 6.33. The van der Waals surface area contributed by atoms with Crippen molar-refractivity contribution in [2.75, 3.05) is 6.54 Å². The van der Waals surface area contributed by atoms with Gasteiger partial charge < -0.3 is 10.5 Å². The van der Waals surface area contributed by atoms with Crippen LogP contribution in [0.1, 0.15) is 25.8 Å². The SMILES string of the molecule is CC(C)Oc1c(Cl)cc(Cl)cc1CCCN. The van der Waals surface area contributed by atoms with E-state index in [0.717, 1.165) is 24.2 Å². The first kappa shape index (κ1) is 13.6. The van der Waals surface area contributed by atoms with Crippen LogP contribution in [0, 0.1) is 0 Å². The molecule has 0 fully saturated rings. The van der Waals surface area contributed by atoms with Gasteiger partial charge in [-0.1, -0.05) is 23.2 Å². The van der Waals surface area contributed by atoms with E-state index in [0.29, 0.717) is 16.6 Å². The highest BCUT2D eigenvalue weighted by molar-refractivity contribution is 6.35. The molecule has 0 aromatic heterocycles. The Balaban J connectivity index is 3.00. The molecular weight excluding hydrogens is 245 g/mol. The van der Waals surface area contributed by atoms with E-state index in [9.17, 15) is 0 Å². The Hall–Kier alpha value is -0.440. The number of hydrogen-bond donors (Lipinski definition) is 1. The van der Waals surface area contributed by atoms with Crippen LogP contribution in [0.2, 0.25) is 10.0 Å². The first-order valence-corrected chi connectivity index (χ1v) is 6.14. The Bertz CT molecular complexity index is 353. The number of benzene rings is 1. The molecule has 0 saturated carbocycles. The van der Waals surface area contributed by atoms with Crippen LogP contribution in [0.15, 0.2) is 12.1 Å². The number of nitrogens with two attached hydrogens (primary N) is 1. The van der Waals surface area contributed by atoms with Gasteiger partial charge in [0.15, 0.2) is 0 Å². The van der Waals surface area contributed by atoms with Crippen LogP contribution >= 0.6 is 23.2 Å². The van der Waals surface area contributed by atoms with Crippen molar-refractivity contribution in [3.05, 3.63) is 27.7 Å². The molecule has 0 aliphatic heterocycles. The third-order valence-electron chi connectivity index (χ3n) is 2.09. The van der Waals surface area contributed by atoms with Crippen LogP contribution in [0.25, 0.3) is 0 Å². The zero-order valence-electron chi connectivity index (χ0n) is 9.59. The van der Waals surface area contributed by atoms with Crippen LogP contribution in [0.4, 0.5) is 0 Å². The summed E-state index contributed by atoms with van der Waals surface area (Å²) in [6.07, 6.45) is 1.82. The molecule has 2 nitrogen and oxygen atoms in total. The van der Waals surface area contributed by atoms with Crippen LogP contribution in [-0.2, 0) is 6.42 Å². The molecule has 0 heterocycles. The van der Waals surface area contributed by atoms with Gasteiger partial charge in [-0.15, -0.1) is 0 Å². The fourth-order valence-corrected chi connectivity index (χ4v) is 2.04. The molecule has 1 aromatic carbocycles. The maximum Gasteiger partial charge on any atom is 0.141 e. The molecule has 0 saturated heterocycles. The highest BCUT2D eigenvalue weighted by Crippen LogP contribution is 2.33. The van der Waals surface area contributed by atoms with Gasteiger partial charge in [0, 0.05) is 5.02 Å². The van der Waals surface area contributed by atoms with Crippen LogP contribution in [-0.4, -0.2) is 12.6 Å². The van der Waals surface area contributed by atoms with Crippen molar-refractivity contribution in [3.63, 3.8) is 0 Å². The van der Waals surface area contributed by atoms with Crippen molar-refractivity contribution in [3.8, 4) is 5.75 Å². The molecule has 2 N–H and O–H groups in total. The average Bonchev–Trinajstić information content (AvgIpc) is 2.19. The summed E-state index contributed by atoms with van der Waals surface area (Å²) in [5.74, 6) is 0.731. The Morgan fingerprint density at radius 2 is 2.00 bits per heavy atom. The highest BCUT2D eigenvalue weighted by atomic mass is 35.5. The van der Waals surface area contributed by atoms with Gasteiger partial charge >= 0.3 is 0 Å². The maximum absolute atomic E-state index is 6.12. The van der Waals surface area contributed by atoms with Gasteiger partial charge in [0.05, 0.1) is 11.1 Å². The largest absolute Gasteiger partial charge is 0.489 e. The van der Waals surface area contributed by atoms with Crippen molar-refractivity contribution in [2.45, 2.75) is 32.8 Å². The molecule has 0 atom stereocenters. The first-order valence-electron chi connectivity index (χ1n) is 5.39. The normalized spacial score (nSPS) is 10.9. The second-order valence-electron chi connectivity index (χ2n) is 3.93. The van der Waals surface area contributed by atoms with Crippen LogP contribution in [0.5, 0.6) is 5.75 Å². The summed E-state index contributed by atoms with van der Waals surface area (Å²) in [5.41, 5.74) is 6.52. The summed E-state index contributed by atoms with van der Waals surface area (Å²) >= 11 is 12.1. The van der Waals surface area contributed by atoms with E-state index in [2.05, 4.69) is 0 Å². The number of aryl methyl sites for hydroxylation is 1. The van der Waals surface area contributed by atoms with Gasteiger partial charge in [-0.3, -0.25) is 0 Å². The lowest BCUT2D eigenvalue weighted by Gasteiger charge is -2.16. The van der Waals surface area contributed by atoms with E-state index in [4.69, 9.17) is 33.7 Å². The monoisotopic (exact) mass is 261 g/mol. The molecule has 1 aromatic rings. The van der Waals surface area contributed by atoms with Crippen molar-refractivity contribution in [1.82, 2.24) is 0 Å². The molecule has 0 bridgehead atoms. The maximum atomic E-state index is 6.12. The summed E-state index contributed by atoms with van der Waals surface area (Å²) in [7, 11) is 0. The minimum atomic E-state index is 0.0929. The molecular formula is C12H17Cl2NO. The Kier molecular flexibility index (Phi) is 5.39. The van der Waals surface area contributed by atoms with E-state index in [1.165, 1.54) is 0 Å². The van der Waals surface area contributed by atoms with E-state index < -0.39 is 0 Å². The summed E-state index contributed by atoms with van der Waals surface area (Å²) in [6, 6.07) is 3.59. The van der Waals surface area contributed by atoms with Crippen molar-refractivity contribution >= 4 is 23.2 Å². The molecule has 0 unspecified atom stereocenters. The molecule has 4 heteroatoms. The fourth-order valence-electron chi connectivity index (χ4n) is 1.46. The quantitative estimate of drug-likeness (QED) is 0.878. The van der Waals surface area contributed by atoms with Gasteiger partial charge in [-0.2, -0.15) is 0 Å². The summed E-state index contributed by atoms with van der Waals surface area (Å²) in [6.45, 7) is 4.58. The van der Waals surface area contributed by atoms with Crippen molar-refractivity contribution in [1.29, 1.82) is 0 Å². The molecule has 0 spiro atoms. The Morgan fingerprint density at radius 3 is 2.56 bits per heavy atom. The summed E-state index contributed by atoms with van der Waals surface area (Å²) in [4.78, 5) is 0. The smallest absolute Gasteiger partial charge is 0.141 e. The van der Waals surface area contributed by atoms with Gasteiger partial charge in [-0.25, -0.2) is 0 Å². The minimum Gasteiger partial charge on any atom is -0.489 e. The predicted octanol–water partition coefficient (Wildman–Crippen LogP) is 3.67. The standard InChI is InChI=1S/C12H17Cl2NO/c1-8(2)16-12-9(4-3-5-15)6-10(13)7-11(12)14/h6-8H,3-5,15H2,1-2H3. The number of hydrogen-bond acceptors (Lipinski definition) is 2. The molecule has 1 rings (SSSR count). The van der Waals surface area contributed by atoms with Gasteiger partial charge in [0.2, 0.25) is 0 Å². The van der Waals surface area contributed by atoms with E-state index in [-0.39, 0.29) is 6.10 Å². The number of rotatable bonds is 5. The predicted molar refractivity (Wildman–Crippen MR) is 69.6 cm³/mol. The lowest BCUT2D eigenvalue weighted by molar-refractivity contribution is 0.240. The number of halogens is 2. The zero-order chi connectivity index (χ0) is 12.1. The van der Waals surface area contributed by atoms with E-state index in [1.807, 2.05) is 19.9 Å². The molecule has 0 aliphatic carbocycles. The highest BCUT2D eigenvalue weighted by Gasteiger charge is 2.11. The molecule has 0 amide bonds. The third-order valence-corrected chi connectivity index (χ3v) is 2.59.